The number of nitrogens with zero attached hydrogens (tertiary/aromatic N) is 1. The molecule has 3 rings (SSSR count). The lowest BCUT2D eigenvalue weighted by Gasteiger charge is -2.36. The first-order valence-electron chi connectivity index (χ1n) is 8.44. The van der Waals surface area contributed by atoms with Crippen LogP contribution in [-0.2, 0) is 9.53 Å². The van der Waals surface area contributed by atoms with E-state index >= 15 is 0 Å². The number of rotatable bonds is 3. The van der Waals surface area contributed by atoms with Crippen LogP contribution in [0, 0.1) is 5.92 Å². The normalized spacial score (nSPS) is 19.1. The van der Waals surface area contributed by atoms with Gasteiger partial charge < -0.3 is 9.64 Å². The van der Waals surface area contributed by atoms with Crippen molar-refractivity contribution in [1.82, 2.24) is 4.90 Å². The maximum absolute atomic E-state index is 12.6. The lowest BCUT2D eigenvalue weighted by Crippen LogP contribution is -2.39. The van der Waals surface area contributed by atoms with Crippen molar-refractivity contribution in [3.05, 3.63) is 48.0 Å². The second kappa shape index (κ2) is 7.04. The van der Waals surface area contributed by atoms with Crippen LogP contribution in [0.15, 0.2) is 42.5 Å². The Morgan fingerprint density at radius 2 is 1.92 bits per heavy atom. The Bertz CT molecular complexity index is 750. The van der Waals surface area contributed by atoms with E-state index in [0.29, 0.717) is 6.42 Å². The van der Waals surface area contributed by atoms with Gasteiger partial charge in [-0.15, -0.1) is 0 Å². The Balaban J connectivity index is 2.12. The second-order valence-corrected chi connectivity index (χ2v) is 6.41. The molecule has 0 aromatic heterocycles. The number of methoxy groups -OCH3 is 1. The van der Waals surface area contributed by atoms with Crippen LogP contribution in [0.1, 0.15) is 37.3 Å². The third-order valence-electron chi connectivity index (χ3n) is 5.00. The zero-order valence-electron chi connectivity index (χ0n) is 14.2. The molecule has 0 spiro atoms. The first-order chi connectivity index (χ1) is 11.6. The van der Waals surface area contributed by atoms with Gasteiger partial charge in [0.15, 0.2) is 0 Å². The van der Waals surface area contributed by atoms with Crippen LogP contribution in [0.5, 0.6) is 0 Å². The highest BCUT2D eigenvalue weighted by Crippen LogP contribution is 2.39. The second-order valence-electron chi connectivity index (χ2n) is 6.41. The van der Waals surface area contributed by atoms with Crippen molar-refractivity contribution >= 4 is 22.6 Å². The number of ketones is 1. The van der Waals surface area contributed by atoms with Gasteiger partial charge in [-0.25, -0.2) is 4.79 Å². The molecule has 0 N–H and O–H groups in total. The van der Waals surface area contributed by atoms with Gasteiger partial charge in [0, 0.05) is 19.4 Å². The fourth-order valence-electron chi connectivity index (χ4n) is 3.81. The highest BCUT2D eigenvalue weighted by Gasteiger charge is 2.36. The predicted octanol–water partition coefficient (Wildman–Crippen LogP) is 4.34. The van der Waals surface area contributed by atoms with Gasteiger partial charge in [0.05, 0.1) is 13.2 Å². The first-order valence-corrected chi connectivity index (χ1v) is 8.44. The fraction of sp³-hybridized carbons (Fsp3) is 0.400. The van der Waals surface area contributed by atoms with Crippen molar-refractivity contribution in [3.8, 4) is 0 Å². The van der Waals surface area contributed by atoms with Crippen molar-refractivity contribution in [3.63, 3.8) is 0 Å². The van der Waals surface area contributed by atoms with E-state index in [4.69, 9.17) is 4.74 Å². The van der Waals surface area contributed by atoms with Gasteiger partial charge >= 0.3 is 6.09 Å². The molecule has 0 heterocycles. The minimum absolute atomic E-state index is 0.173. The summed E-state index contributed by atoms with van der Waals surface area (Å²) in [5.41, 5.74) is 1.02. The summed E-state index contributed by atoms with van der Waals surface area (Å²) in [6, 6.07) is 13.9. The minimum Gasteiger partial charge on any atom is -0.453 e. The molecular formula is C20H23NO3. The van der Waals surface area contributed by atoms with Crippen LogP contribution in [0.2, 0.25) is 0 Å². The number of benzene rings is 2. The van der Waals surface area contributed by atoms with Crippen LogP contribution in [-0.4, -0.2) is 30.9 Å². The molecule has 2 aromatic carbocycles. The Labute approximate surface area is 142 Å². The van der Waals surface area contributed by atoms with Crippen molar-refractivity contribution in [2.45, 2.75) is 31.7 Å². The van der Waals surface area contributed by atoms with E-state index in [9.17, 15) is 9.59 Å². The minimum atomic E-state index is -0.411. The Hall–Kier alpha value is -2.36. The van der Waals surface area contributed by atoms with Crippen molar-refractivity contribution in [1.29, 1.82) is 0 Å². The summed E-state index contributed by atoms with van der Waals surface area (Å²) in [6.45, 7) is 0. The van der Waals surface area contributed by atoms with Gasteiger partial charge in [-0.3, -0.25) is 4.79 Å². The number of Topliss-reactive ketones (excluding diaryl/α,β-unsaturated/α-hetero) is 1. The summed E-state index contributed by atoms with van der Waals surface area (Å²) in [4.78, 5) is 26.4. The Kier molecular flexibility index (Phi) is 4.84. The molecule has 1 aliphatic rings. The summed E-state index contributed by atoms with van der Waals surface area (Å²) in [5.74, 6) is 0.0728. The average Bonchev–Trinajstić information content (AvgIpc) is 2.63. The van der Waals surface area contributed by atoms with Gasteiger partial charge in [0.1, 0.15) is 5.78 Å². The predicted molar refractivity (Wildman–Crippen MR) is 93.8 cm³/mol. The smallest absolute Gasteiger partial charge is 0.409 e. The lowest BCUT2D eigenvalue weighted by molar-refractivity contribution is -0.126. The van der Waals surface area contributed by atoms with E-state index < -0.39 is 6.09 Å². The summed E-state index contributed by atoms with van der Waals surface area (Å²) >= 11 is 0. The van der Waals surface area contributed by atoms with Gasteiger partial charge in [0.2, 0.25) is 0 Å². The zero-order chi connectivity index (χ0) is 17.1. The van der Waals surface area contributed by atoms with E-state index in [-0.39, 0.29) is 17.7 Å². The molecule has 1 saturated carbocycles. The maximum Gasteiger partial charge on any atom is 0.409 e. The summed E-state index contributed by atoms with van der Waals surface area (Å²) < 4.78 is 4.93. The number of fused-ring (bicyclic) bond motifs is 1. The standard InChI is InChI=1S/C20H23NO3/c1-21(20(23)24-2)19(17-11-5-6-13-18(17)22)16-12-7-9-14-8-3-4-10-15(14)16/h3-4,7-10,12,17,19H,5-6,11,13H2,1-2H3/t17-,19-/m0/s1. The molecule has 126 valence electrons. The largest absolute Gasteiger partial charge is 0.453 e. The van der Waals surface area contributed by atoms with Crippen LogP contribution >= 0.6 is 0 Å². The van der Waals surface area contributed by atoms with Crippen LogP contribution in [0.25, 0.3) is 10.8 Å². The zero-order valence-corrected chi connectivity index (χ0v) is 14.2. The number of amides is 1. The van der Waals surface area contributed by atoms with E-state index in [1.54, 1.807) is 11.9 Å². The highest BCUT2D eigenvalue weighted by molar-refractivity contribution is 5.89. The average molecular weight is 325 g/mol. The van der Waals surface area contributed by atoms with Crippen LogP contribution < -0.4 is 0 Å². The van der Waals surface area contributed by atoms with Gasteiger partial charge in [-0.2, -0.15) is 0 Å². The Morgan fingerprint density at radius 1 is 1.17 bits per heavy atom. The van der Waals surface area contributed by atoms with Crippen molar-refractivity contribution in [2.75, 3.05) is 14.2 Å². The Morgan fingerprint density at radius 3 is 2.67 bits per heavy atom. The molecule has 2 aromatic rings. The fourth-order valence-corrected chi connectivity index (χ4v) is 3.81. The molecule has 0 saturated heterocycles. The summed E-state index contributed by atoms with van der Waals surface area (Å²) in [6.07, 6.45) is 2.97. The molecule has 4 nitrogen and oxygen atoms in total. The lowest BCUT2D eigenvalue weighted by atomic mass is 9.78. The van der Waals surface area contributed by atoms with E-state index in [1.807, 2.05) is 24.3 Å². The monoisotopic (exact) mass is 325 g/mol. The third kappa shape index (κ3) is 3.01. The van der Waals surface area contributed by atoms with Gasteiger partial charge in [-0.05, 0) is 29.2 Å². The molecule has 1 aliphatic carbocycles. The maximum atomic E-state index is 12.6. The van der Waals surface area contributed by atoms with E-state index in [0.717, 1.165) is 35.6 Å². The molecule has 24 heavy (non-hydrogen) atoms. The topological polar surface area (TPSA) is 46.6 Å². The number of hydrogen-bond acceptors (Lipinski definition) is 3. The molecule has 1 fully saturated rings. The van der Waals surface area contributed by atoms with Crippen molar-refractivity contribution in [2.24, 2.45) is 5.92 Å². The molecule has 0 aliphatic heterocycles. The SMILES string of the molecule is COC(=O)N(C)[C@@H](c1cccc2ccccc12)[C@H]1CCCCC1=O. The molecule has 0 unspecified atom stereocenters. The molecule has 4 heteroatoms. The number of hydrogen-bond donors (Lipinski definition) is 0. The molecule has 0 bridgehead atoms. The molecule has 2 atom stereocenters. The number of ether oxygens (including phenoxy) is 1. The van der Waals surface area contributed by atoms with Gasteiger partial charge in [-0.1, -0.05) is 48.9 Å². The molecule has 1 amide bonds. The summed E-state index contributed by atoms with van der Waals surface area (Å²) in [7, 11) is 3.10. The first kappa shape index (κ1) is 16.5. The van der Waals surface area contributed by atoms with Crippen LogP contribution in [0.3, 0.4) is 0 Å². The third-order valence-corrected chi connectivity index (χ3v) is 5.00. The quantitative estimate of drug-likeness (QED) is 0.843. The van der Waals surface area contributed by atoms with Gasteiger partial charge in [0.25, 0.3) is 0 Å². The van der Waals surface area contributed by atoms with E-state index in [2.05, 4.69) is 18.2 Å². The highest BCUT2D eigenvalue weighted by atomic mass is 16.5. The molecule has 0 radical (unpaired) electrons. The van der Waals surface area contributed by atoms with Crippen LogP contribution in [0.4, 0.5) is 4.79 Å². The molecular weight excluding hydrogens is 302 g/mol. The van der Waals surface area contributed by atoms with Crippen molar-refractivity contribution < 1.29 is 14.3 Å². The van der Waals surface area contributed by atoms with E-state index in [1.165, 1.54) is 7.11 Å². The summed E-state index contributed by atoms with van der Waals surface area (Å²) in [5, 5.41) is 2.20. The number of carbonyl (C=O) groups is 2. The number of carbonyl (C=O) groups excluding carboxylic acids is 2.